The predicted molar refractivity (Wildman–Crippen MR) is 88.7 cm³/mol. The minimum atomic E-state index is 0.424. The molecule has 0 bridgehead atoms. The van der Waals surface area contributed by atoms with Crippen molar-refractivity contribution < 1.29 is 0 Å². The van der Waals surface area contributed by atoms with Crippen LogP contribution in [0.25, 0.3) is 16.5 Å². The first-order valence-corrected chi connectivity index (χ1v) is 8.06. The van der Waals surface area contributed by atoms with Gasteiger partial charge in [-0.15, -0.1) is 0 Å². The molecular weight excluding hydrogens is 326 g/mol. The lowest BCUT2D eigenvalue weighted by Gasteiger charge is -2.14. The van der Waals surface area contributed by atoms with Crippen LogP contribution < -0.4 is 5.32 Å². The second kappa shape index (κ2) is 5.28. The lowest BCUT2D eigenvalue weighted by Crippen LogP contribution is -2.16. The number of hydrogen-bond donors (Lipinski definition) is 1. The molecule has 2 aromatic carbocycles. The highest BCUT2D eigenvalue weighted by Crippen LogP contribution is 2.27. The normalized spacial score (nSPS) is 18.4. The number of halogens is 1. The van der Waals surface area contributed by atoms with Crippen LogP contribution in [0.4, 0.5) is 0 Å². The molecule has 106 valence electrons. The highest BCUT2D eigenvalue weighted by atomic mass is 79.9. The fourth-order valence-electron chi connectivity index (χ4n) is 3.07. The second-order valence-corrected chi connectivity index (χ2v) is 6.43. The predicted octanol–water partition coefficient (Wildman–Crippen LogP) is 4.21. The Morgan fingerprint density at radius 3 is 2.86 bits per heavy atom. The topological polar surface area (TPSA) is 29.9 Å². The van der Waals surface area contributed by atoms with Gasteiger partial charge in [-0.1, -0.05) is 28.1 Å². The largest absolute Gasteiger partial charge is 0.309 e. The molecule has 4 rings (SSSR count). The summed E-state index contributed by atoms with van der Waals surface area (Å²) in [5.41, 5.74) is 2.43. The molecule has 1 saturated heterocycles. The van der Waals surface area contributed by atoms with Crippen molar-refractivity contribution in [1.82, 2.24) is 14.9 Å². The van der Waals surface area contributed by atoms with E-state index < -0.39 is 0 Å². The number of aromatic nitrogens is 2. The maximum Gasteiger partial charge on any atom is 0.0994 e. The van der Waals surface area contributed by atoms with E-state index in [9.17, 15) is 0 Å². The Morgan fingerprint density at radius 1 is 1.14 bits per heavy atom. The molecule has 1 aliphatic rings. The molecule has 1 aromatic heterocycles. The van der Waals surface area contributed by atoms with Crippen molar-refractivity contribution in [2.75, 3.05) is 6.54 Å². The highest BCUT2D eigenvalue weighted by molar-refractivity contribution is 9.10. The van der Waals surface area contributed by atoms with Crippen molar-refractivity contribution in [3.05, 3.63) is 59.1 Å². The van der Waals surface area contributed by atoms with Crippen molar-refractivity contribution in [2.24, 2.45) is 0 Å². The lowest BCUT2D eigenvalue weighted by atomic mass is 10.1. The fourth-order valence-corrected chi connectivity index (χ4v) is 3.45. The van der Waals surface area contributed by atoms with Gasteiger partial charge in [0, 0.05) is 16.2 Å². The van der Waals surface area contributed by atoms with E-state index in [4.69, 9.17) is 0 Å². The maximum absolute atomic E-state index is 4.35. The van der Waals surface area contributed by atoms with E-state index in [0.717, 1.165) is 11.0 Å². The molecule has 0 radical (unpaired) electrons. The van der Waals surface area contributed by atoms with Crippen LogP contribution in [0, 0.1) is 0 Å². The number of hydrogen-bond acceptors (Lipinski definition) is 2. The Morgan fingerprint density at radius 2 is 2.00 bits per heavy atom. The number of imidazole rings is 1. The van der Waals surface area contributed by atoms with Crippen LogP contribution in [0.2, 0.25) is 0 Å². The minimum absolute atomic E-state index is 0.424. The van der Waals surface area contributed by atoms with Crippen LogP contribution in [0.1, 0.15) is 24.6 Å². The Hall–Kier alpha value is -1.65. The zero-order valence-corrected chi connectivity index (χ0v) is 13.2. The molecule has 21 heavy (non-hydrogen) atoms. The van der Waals surface area contributed by atoms with Crippen LogP contribution in [0.3, 0.4) is 0 Å². The van der Waals surface area contributed by atoms with Crippen molar-refractivity contribution in [3.8, 4) is 5.69 Å². The third-order valence-corrected chi connectivity index (χ3v) is 4.64. The van der Waals surface area contributed by atoms with E-state index in [2.05, 4.69) is 67.2 Å². The third-order valence-electron chi connectivity index (χ3n) is 4.15. The van der Waals surface area contributed by atoms with Gasteiger partial charge in [-0.25, -0.2) is 4.98 Å². The van der Waals surface area contributed by atoms with Crippen molar-refractivity contribution in [2.45, 2.75) is 18.9 Å². The Kier molecular flexibility index (Phi) is 3.28. The van der Waals surface area contributed by atoms with Gasteiger partial charge in [0.1, 0.15) is 0 Å². The number of nitrogens with zero attached hydrogens (tertiary/aromatic N) is 2. The van der Waals surface area contributed by atoms with Gasteiger partial charge < -0.3 is 9.88 Å². The molecule has 0 amide bonds. The summed E-state index contributed by atoms with van der Waals surface area (Å²) in [6.45, 7) is 1.10. The van der Waals surface area contributed by atoms with Crippen LogP contribution in [-0.2, 0) is 0 Å². The zero-order chi connectivity index (χ0) is 14.2. The van der Waals surface area contributed by atoms with Crippen LogP contribution in [0.5, 0.6) is 0 Å². The van der Waals surface area contributed by atoms with E-state index in [0.29, 0.717) is 6.04 Å². The Labute approximate surface area is 132 Å². The quantitative estimate of drug-likeness (QED) is 0.756. The standard InChI is InChI=1S/C17H16BrN3/c18-14-5-3-13-9-15(6-4-12(13)8-14)21-11-19-10-17(21)16-2-1-7-20-16/h3-6,8-11,16,20H,1-2,7H2/t16-/m0/s1. The molecule has 2 heterocycles. The van der Waals surface area contributed by atoms with Crippen molar-refractivity contribution in [1.29, 1.82) is 0 Å². The molecule has 0 unspecified atom stereocenters. The first kappa shape index (κ1) is 13.0. The molecular formula is C17H16BrN3. The summed E-state index contributed by atoms with van der Waals surface area (Å²) >= 11 is 3.52. The molecule has 1 aliphatic heterocycles. The molecule has 0 aliphatic carbocycles. The second-order valence-electron chi connectivity index (χ2n) is 5.51. The molecule has 3 nitrogen and oxygen atoms in total. The molecule has 0 spiro atoms. The van der Waals surface area contributed by atoms with Crippen molar-refractivity contribution in [3.63, 3.8) is 0 Å². The van der Waals surface area contributed by atoms with Gasteiger partial charge in [-0.2, -0.15) is 0 Å². The van der Waals surface area contributed by atoms with E-state index in [-0.39, 0.29) is 0 Å². The average molecular weight is 342 g/mol. The summed E-state index contributed by atoms with van der Waals surface area (Å²) in [5, 5.41) is 6.04. The SMILES string of the molecule is Brc1ccc2cc(-n3cncc3[C@@H]3CCCN3)ccc2c1. The lowest BCUT2D eigenvalue weighted by molar-refractivity contribution is 0.615. The van der Waals surface area contributed by atoms with Gasteiger partial charge >= 0.3 is 0 Å². The van der Waals surface area contributed by atoms with Crippen molar-refractivity contribution >= 4 is 26.7 Å². The Bertz CT molecular complexity index is 788. The summed E-state index contributed by atoms with van der Waals surface area (Å²) in [4.78, 5) is 4.35. The maximum atomic E-state index is 4.35. The minimum Gasteiger partial charge on any atom is -0.309 e. The van der Waals surface area contributed by atoms with Gasteiger partial charge in [0.05, 0.1) is 18.2 Å². The summed E-state index contributed by atoms with van der Waals surface area (Å²) in [7, 11) is 0. The van der Waals surface area contributed by atoms with Gasteiger partial charge in [0.25, 0.3) is 0 Å². The van der Waals surface area contributed by atoms with E-state index in [1.807, 2.05) is 12.5 Å². The molecule has 1 atom stereocenters. The molecule has 3 aromatic rings. The summed E-state index contributed by atoms with van der Waals surface area (Å²) in [6.07, 6.45) is 6.32. The van der Waals surface area contributed by atoms with E-state index in [1.54, 1.807) is 0 Å². The van der Waals surface area contributed by atoms with Gasteiger partial charge in [0.15, 0.2) is 0 Å². The summed E-state index contributed by atoms with van der Waals surface area (Å²) < 4.78 is 3.31. The molecule has 0 saturated carbocycles. The molecule has 1 fully saturated rings. The number of nitrogens with one attached hydrogen (secondary N) is 1. The summed E-state index contributed by atoms with van der Waals surface area (Å²) in [6, 6.07) is 13.4. The number of benzene rings is 2. The average Bonchev–Trinajstić information content (AvgIpc) is 3.17. The van der Waals surface area contributed by atoms with Gasteiger partial charge in [-0.3, -0.25) is 0 Å². The van der Waals surface area contributed by atoms with Crippen LogP contribution in [-0.4, -0.2) is 16.1 Å². The first-order valence-electron chi connectivity index (χ1n) is 7.26. The molecule has 1 N–H and O–H groups in total. The van der Waals surface area contributed by atoms with Crippen LogP contribution in [0.15, 0.2) is 53.4 Å². The zero-order valence-electron chi connectivity index (χ0n) is 11.6. The first-order chi connectivity index (χ1) is 10.3. The van der Waals surface area contributed by atoms with E-state index in [1.165, 1.54) is 35.0 Å². The Balaban J connectivity index is 1.79. The number of rotatable bonds is 2. The van der Waals surface area contributed by atoms with Gasteiger partial charge in [0.2, 0.25) is 0 Å². The van der Waals surface area contributed by atoms with Crippen LogP contribution >= 0.6 is 15.9 Å². The smallest absolute Gasteiger partial charge is 0.0994 e. The van der Waals surface area contributed by atoms with Gasteiger partial charge in [-0.05, 0) is 54.4 Å². The monoisotopic (exact) mass is 341 g/mol. The third kappa shape index (κ3) is 2.39. The summed E-state index contributed by atoms with van der Waals surface area (Å²) in [5.74, 6) is 0. The highest BCUT2D eigenvalue weighted by Gasteiger charge is 2.20. The number of fused-ring (bicyclic) bond motifs is 1. The molecule has 4 heteroatoms. The fraction of sp³-hybridized carbons (Fsp3) is 0.235. The van der Waals surface area contributed by atoms with E-state index >= 15 is 0 Å².